The van der Waals surface area contributed by atoms with E-state index in [0.29, 0.717) is 11.8 Å². The quantitative estimate of drug-likeness (QED) is 0.157. The van der Waals surface area contributed by atoms with E-state index in [4.69, 9.17) is 0 Å². The number of thiazole rings is 1. The van der Waals surface area contributed by atoms with Crippen molar-refractivity contribution in [1.82, 2.24) is 34.1 Å². The molecule has 1 radical (unpaired) electrons. The fourth-order valence-corrected chi connectivity index (χ4v) is 6.66. The van der Waals surface area contributed by atoms with Gasteiger partial charge in [0, 0.05) is 62.6 Å². The van der Waals surface area contributed by atoms with Crippen molar-refractivity contribution in [2.24, 2.45) is 0 Å². The maximum atomic E-state index is 4.66. The third kappa shape index (κ3) is 7.03. The summed E-state index contributed by atoms with van der Waals surface area (Å²) in [6.45, 7) is 15.3. The number of imidazole rings is 2. The van der Waals surface area contributed by atoms with Crippen LogP contribution >= 0.6 is 11.3 Å². The Kier molecular flexibility index (Phi) is 10.6. The van der Waals surface area contributed by atoms with Gasteiger partial charge >= 0.3 is 0 Å². The molecular weight excluding hydrogens is 779 g/mol. The Balaban J connectivity index is 0.000000187. The molecule has 3 aromatic carbocycles. The Hall–Kier alpha value is -4.30. The predicted octanol–water partition coefficient (Wildman–Crippen LogP) is 9.25. The molecule has 4 heterocycles. The number of hydrogen-bond donors (Lipinski definition) is 0. The zero-order chi connectivity index (χ0) is 32.4. The molecule has 0 atom stereocenters. The maximum absolute atomic E-state index is 4.66. The molecule has 0 saturated heterocycles. The average Bonchev–Trinajstić information content (AvgIpc) is 3.82. The van der Waals surface area contributed by atoms with Crippen molar-refractivity contribution in [3.63, 3.8) is 0 Å². The topological polar surface area (TPSA) is 74.3 Å². The molecule has 9 heteroatoms. The van der Waals surface area contributed by atoms with Crippen molar-refractivity contribution in [2.45, 2.75) is 60.3 Å². The van der Waals surface area contributed by atoms with Gasteiger partial charge in [0.15, 0.2) is 0 Å². The van der Waals surface area contributed by atoms with Crippen LogP contribution in [0.4, 0.5) is 0 Å². The summed E-state index contributed by atoms with van der Waals surface area (Å²) >= 11 is 1.64. The van der Waals surface area contributed by atoms with Gasteiger partial charge in [0.2, 0.25) is 0 Å². The monoisotopic (exact) mass is 816 g/mol. The van der Waals surface area contributed by atoms with E-state index in [0.717, 1.165) is 38.7 Å². The van der Waals surface area contributed by atoms with Crippen LogP contribution < -0.4 is 0 Å². The maximum Gasteiger partial charge on any atom is 0.0692 e. The van der Waals surface area contributed by atoms with Crippen LogP contribution in [-0.2, 0) is 20.1 Å². The zero-order valence-electron chi connectivity index (χ0n) is 27.6. The second-order valence-corrected chi connectivity index (χ2v) is 13.0. The molecule has 0 saturated carbocycles. The number of aryl methyl sites for hydroxylation is 3. The van der Waals surface area contributed by atoms with Crippen LogP contribution in [-0.4, -0.2) is 34.1 Å². The van der Waals surface area contributed by atoms with E-state index in [1.165, 1.54) is 39.8 Å². The van der Waals surface area contributed by atoms with Crippen molar-refractivity contribution in [2.75, 3.05) is 0 Å². The number of rotatable bonds is 6. The predicted molar refractivity (Wildman–Crippen MR) is 187 cm³/mol. The first kappa shape index (κ1) is 34.0. The number of aromatic nitrogens is 7. The first-order valence-corrected chi connectivity index (χ1v) is 16.3. The first-order chi connectivity index (χ1) is 22.2. The van der Waals surface area contributed by atoms with Gasteiger partial charge in [-0.3, -0.25) is 15.0 Å². The molecule has 0 unspecified atom stereocenters. The molecule has 4 aromatic heterocycles. The second kappa shape index (κ2) is 14.6. The first-order valence-electron chi connectivity index (χ1n) is 15.4. The normalized spacial score (nSPS) is 11.1. The molecule has 0 aliphatic heterocycles. The molecular formula is C38H37IrN7S-2. The number of hydrogen-bond acceptors (Lipinski definition) is 6. The number of nitrogens with zero attached hydrogens (tertiary/aromatic N) is 7. The van der Waals surface area contributed by atoms with Gasteiger partial charge in [-0.2, -0.15) is 11.3 Å². The van der Waals surface area contributed by atoms with E-state index in [1.54, 1.807) is 23.7 Å². The molecule has 0 amide bonds. The van der Waals surface area contributed by atoms with Gasteiger partial charge in [0.25, 0.3) is 0 Å². The number of benzene rings is 3. The molecule has 241 valence electrons. The van der Waals surface area contributed by atoms with Gasteiger partial charge in [0.1, 0.15) is 0 Å². The van der Waals surface area contributed by atoms with Gasteiger partial charge < -0.3 is 19.1 Å². The number of para-hydroxylation sites is 1. The van der Waals surface area contributed by atoms with E-state index < -0.39 is 0 Å². The van der Waals surface area contributed by atoms with Crippen molar-refractivity contribution in [3.05, 3.63) is 125 Å². The third-order valence-corrected chi connectivity index (χ3v) is 8.79. The molecule has 7 nitrogen and oxygen atoms in total. The standard InChI is InChI=1S/C22H22N3S.C16H15N4.Ir/c1-14(2)17-6-5-7-18(15(3)4)21(17)25-11-10-23-22(25)16-8-9-20-19(12-16)24-13-26-20;1-11-6-12(2)15(13(3)7-11)20-5-4-19-16(20)14-8-17-10-18-9-14;/h5-7,9-15H,1-4H3;4-8,10H,1-3H3;/q2*-1;. The van der Waals surface area contributed by atoms with Crippen molar-refractivity contribution < 1.29 is 20.1 Å². The minimum absolute atomic E-state index is 0. The van der Waals surface area contributed by atoms with E-state index in [1.807, 2.05) is 24.0 Å². The van der Waals surface area contributed by atoms with Crippen LogP contribution in [0.15, 0.2) is 85.3 Å². The molecule has 0 spiro atoms. The van der Waals surface area contributed by atoms with Crippen LogP contribution in [0.1, 0.15) is 67.3 Å². The number of fused-ring (bicyclic) bond motifs is 1. The minimum Gasteiger partial charge on any atom is -0.341 e. The van der Waals surface area contributed by atoms with Crippen LogP contribution in [0.5, 0.6) is 0 Å². The molecule has 0 aliphatic carbocycles. The van der Waals surface area contributed by atoms with Crippen molar-refractivity contribution in [1.29, 1.82) is 0 Å². The van der Waals surface area contributed by atoms with Crippen molar-refractivity contribution >= 4 is 21.6 Å². The Morgan fingerprint density at radius 1 is 0.766 bits per heavy atom. The third-order valence-electron chi connectivity index (χ3n) is 8.00. The Morgan fingerprint density at radius 3 is 1.98 bits per heavy atom. The van der Waals surface area contributed by atoms with Crippen LogP contribution in [0.2, 0.25) is 0 Å². The van der Waals surface area contributed by atoms with Gasteiger partial charge in [-0.25, -0.2) is 0 Å². The van der Waals surface area contributed by atoms with Crippen LogP contribution in [0.25, 0.3) is 44.4 Å². The summed E-state index contributed by atoms with van der Waals surface area (Å²) in [7, 11) is 0. The van der Waals surface area contributed by atoms with E-state index >= 15 is 0 Å². The molecule has 0 bridgehead atoms. The summed E-state index contributed by atoms with van der Waals surface area (Å²) in [4.78, 5) is 21.5. The zero-order valence-corrected chi connectivity index (χ0v) is 30.8. The fourth-order valence-electron chi connectivity index (χ4n) is 6.02. The largest absolute Gasteiger partial charge is 0.341 e. The molecule has 0 aliphatic rings. The van der Waals surface area contributed by atoms with Gasteiger partial charge in [-0.1, -0.05) is 75.4 Å². The van der Waals surface area contributed by atoms with E-state index in [2.05, 4.69) is 137 Å². The Bertz CT molecular complexity index is 2060. The van der Waals surface area contributed by atoms with Crippen molar-refractivity contribution in [3.8, 4) is 34.2 Å². The summed E-state index contributed by atoms with van der Waals surface area (Å²) in [5.74, 6) is 2.59. The molecule has 7 rings (SSSR count). The Morgan fingerprint density at radius 2 is 1.38 bits per heavy atom. The summed E-state index contributed by atoms with van der Waals surface area (Å²) in [5, 5.41) is 0. The Labute approximate surface area is 294 Å². The molecule has 0 N–H and O–H groups in total. The van der Waals surface area contributed by atoms with Crippen LogP contribution in [0, 0.1) is 33.0 Å². The van der Waals surface area contributed by atoms with Gasteiger partial charge in [-0.15, -0.1) is 23.8 Å². The molecule has 47 heavy (non-hydrogen) atoms. The fraction of sp³-hybridized carbons (Fsp3) is 0.237. The summed E-state index contributed by atoms with van der Waals surface area (Å²) in [6, 6.07) is 18.5. The smallest absolute Gasteiger partial charge is 0.0692 e. The summed E-state index contributed by atoms with van der Waals surface area (Å²) in [6.07, 6.45) is 13.8. The SMILES string of the molecule is CC(C)c1cccc(C(C)C)c1-n1ccnc1-c1[c-]cc2scnc2c1.Cc1cc(C)c(-n2ccnc2-c2[c-]ncnc2)c(C)c1.[Ir]. The molecule has 0 fully saturated rings. The van der Waals surface area contributed by atoms with E-state index in [9.17, 15) is 0 Å². The van der Waals surface area contributed by atoms with E-state index in [-0.39, 0.29) is 20.1 Å². The van der Waals surface area contributed by atoms with Gasteiger partial charge in [0.05, 0.1) is 17.2 Å². The summed E-state index contributed by atoms with van der Waals surface area (Å²) < 4.78 is 5.44. The second-order valence-electron chi connectivity index (χ2n) is 12.1. The molecule has 7 aromatic rings. The summed E-state index contributed by atoms with van der Waals surface area (Å²) in [5.41, 5.74) is 13.4. The van der Waals surface area contributed by atoms with Gasteiger partial charge in [-0.05, 0) is 71.3 Å². The minimum atomic E-state index is 0. The average molecular weight is 816 g/mol. The van der Waals surface area contributed by atoms with Crippen LogP contribution in [0.3, 0.4) is 0 Å².